The van der Waals surface area contributed by atoms with E-state index in [-0.39, 0.29) is 10.9 Å². The van der Waals surface area contributed by atoms with Crippen molar-refractivity contribution in [1.82, 2.24) is 10.6 Å². The van der Waals surface area contributed by atoms with E-state index in [1.807, 2.05) is 32.0 Å². The number of amides is 1. The molecule has 0 saturated carbocycles. The van der Waals surface area contributed by atoms with E-state index in [1.54, 1.807) is 6.07 Å². The van der Waals surface area contributed by atoms with Gasteiger partial charge < -0.3 is 20.4 Å². The molecule has 0 bridgehead atoms. The molecule has 1 amide bonds. The average Bonchev–Trinajstić information content (AvgIpc) is 2.96. The van der Waals surface area contributed by atoms with Gasteiger partial charge in [-0.05, 0) is 71.3 Å². The molecule has 26 heavy (non-hydrogen) atoms. The van der Waals surface area contributed by atoms with Crippen molar-refractivity contribution in [2.24, 2.45) is 0 Å². The van der Waals surface area contributed by atoms with Crippen LogP contribution in [-0.2, 0) is 0 Å². The maximum absolute atomic E-state index is 12.2. The van der Waals surface area contributed by atoms with Crippen LogP contribution in [0.1, 0.15) is 21.7 Å². The SMILES string of the molecule is Cc1ccc(C)c(NC(=S)N[C@@H](NC(=O)c2ccc(Br)o2)C(Cl)(Cl)Cl)c1. The van der Waals surface area contributed by atoms with Crippen LogP contribution in [0.2, 0.25) is 0 Å². The Labute approximate surface area is 179 Å². The number of rotatable bonds is 4. The molecular weight excluding hydrogens is 485 g/mol. The van der Waals surface area contributed by atoms with Crippen LogP contribution in [0.4, 0.5) is 5.69 Å². The van der Waals surface area contributed by atoms with Crippen molar-refractivity contribution in [2.75, 3.05) is 5.32 Å². The van der Waals surface area contributed by atoms with Gasteiger partial charge in [-0.1, -0.05) is 46.9 Å². The minimum Gasteiger partial charge on any atom is -0.444 e. The topological polar surface area (TPSA) is 66.3 Å². The standard InChI is InChI=1S/C16H15BrCl3N3O2S/c1-8-3-4-9(2)10(7-8)21-15(26)23-14(16(18,19)20)22-13(24)11-5-6-12(17)25-11/h3-7,14H,1-2H3,(H,22,24)(H2,21,23,26)/t14-/m1/s1. The van der Waals surface area contributed by atoms with Crippen molar-refractivity contribution in [1.29, 1.82) is 0 Å². The summed E-state index contributed by atoms with van der Waals surface area (Å²) in [6, 6.07) is 8.96. The molecule has 0 aliphatic carbocycles. The molecule has 0 aliphatic heterocycles. The lowest BCUT2D eigenvalue weighted by molar-refractivity contribution is 0.0905. The normalized spacial score (nSPS) is 12.4. The van der Waals surface area contributed by atoms with Gasteiger partial charge in [-0.2, -0.15) is 0 Å². The van der Waals surface area contributed by atoms with Gasteiger partial charge in [-0.25, -0.2) is 0 Å². The van der Waals surface area contributed by atoms with E-state index in [1.165, 1.54) is 6.07 Å². The highest BCUT2D eigenvalue weighted by atomic mass is 79.9. The zero-order valence-electron chi connectivity index (χ0n) is 13.7. The molecule has 1 aromatic heterocycles. The maximum Gasteiger partial charge on any atom is 0.288 e. The summed E-state index contributed by atoms with van der Waals surface area (Å²) in [5, 5.41) is 8.56. The Hall–Kier alpha value is -0.990. The molecule has 10 heteroatoms. The van der Waals surface area contributed by atoms with E-state index < -0.39 is 15.9 Å². The zero-order valence-corrected chi connectivity index (χ0v) is 18.4. The monoisotopic (exact) mass is 497 g/mol. The van der Waals surface area contributed by atoms with Crippen LogP contribution < -0.4 is 16.0 Å². The lowest BCUT2D eigenvalue weighted by atomic mass is 10.1. The summed E-state index contributed by atoms with van der Waals surface area (Å²) < 4.78 is 3.74. The van der Waals surface area contributed by atoms with Gasteiger partial charge in [0.2, 0.25) is 3.79 Å². The number of furan rings is 1. The summed E-state index contributed by atoms with van der Waals surface area (Å²) in [5.41, 5.74) is 2.87. The molecule has 0 saturated heterocycles. The summed E-state index contributed by atoms with van der Waals surface area (Å²) in [6.45, 7) is 3.90. The lowest BCUT2D eigenvalue weighted by Crippen LogP contribution is -2.56. The predicted octanol–water partition coefficient (Wildman–Crippen LogP) is 5.07. The number of anilines is 1. The maximum atomic E-state index is 12.2. The number of carbonyl (C=O) groups excluding carboxylic acids is 1. The first-order valence-corrected chi connectivity index (χ1v) is 9.67. The predicted molar refractivity (Wildman–Crippen MR) is 113 cm³/mol. The smallest absolute Gasteiger partial charge is 0.288 e. The van der Waals surface area contributed by atoms with Crippen LogP contribution in [0.5, 0.6) is 0 Å². The van der Waals surface area contributed by atoms with Gasteiger partial charge in [0.25, 0.3) is 5.91 Å². The Morgan fingerprint density at radius 2 is 1.88 bits per heavy atom. The number of aryl methyl sites for hydroxylation is 2. The van der Waals surface area contributed by atoms with Crippen molar-refractivity contribution < 1.29 is 9.21 Å². The van der Waals surface area contributed by atoms with Crippen LogP contribution in [0.15, 0.2) is 39.4 Å². The molecule has 1 heterocycles. The fourth-order valence-electron chi connectivity index (χ4n) is 2.00. The van der Waals surface area contributed by atoms with Crippen molar-refractivity contribution in [3.63, 3.8) is 0 Å². The number of hydrogen-bond acceptors (Lipinski definition) is 3. The largest absolute Gasteiger partial charge is 0.444 e. The summed E-state index contributed by atoms with van der Waals surface area (Å²) >= 11 is 26.3. The lowest BCUT2D eigenvalue weighted by Gasteiger charge is -2.27. The van der Waals surface area contributed by atoms with Gasteiger partial charge in [0, 0.05) is 5.69 Å². The second-order valence-corrected chi connectivity index (χ2v) is 9.03. The Kier molecular flexibility index (Phi) is 7.21. The molecule has 5 nitrogen and oxygen atoms in total. The Morgan fingerprint density at radius 1 is 1.19 bits per heavy atom. The quantitative estimate of drug-likeness (QED) is 0.311. The van der Waals surface area contributed by atoms with E-state index >= 15 is 0 Å². The second kappa shape index (κ2) is 8.80. The molecular formula is C16H15BrCl3N3O2S. The van der Waals surface area contributed by atoms with Crippen LogP contribution in [0.25, 0.3) is 0 Å². The molecule has 2 aromatic rings. The Balaban J connectivity index is 2.08. The highest BCUT2D eigenvalue weighted by Crippen LogP contribution is 2.29. The summed E-state index contributed by atoms with van der Waals surface area (Å²) in [7, 11) is 0. The number of nitrogens with one attached hydrogen (secondary N) is 3. The highest BCUT2D eigenvalue weighted by Gasteiger charge is 2.35. The van der Waals surface area contributed by atoms with Gasteiger partial charge in [-0.3, -0.25) is 4.79 Å². The molecule has 0 spiro atoms. The number of benzene rings is 1. The fourth-order valence-corrected chi connectivity index (χ4v) is 2.86. The number of halogens is 4. The van der Waals surface area contributed by atoms with Crippen molar-refractivity contribution in [3.8, 4) is 0 Å². The van der Waals surface area contributed by atoms with E-state index in [9.17, 15) is 4.79 Å². The second-order valence-electron chi connectivity index (χ2n) is 5.47. The number of carbonyl (C=O) groups is 1. The van der Waals surface area contributed by atoms with Gasteiger partial charge >= 0.3 is 0 Å². The van der Waals surface area contributed by atoms with Crippen LogP contribution in [-0.4, -0.2) is 21.0 Å². The summed E-state index contributed by atoms with van der Waals surface area (Å²) in [4.78, 5) is 12.2. The zero-order chi connectivity index (χ0) is 19.5. The number of hydrogen-bond donors (Lipinski definition) is 3. The number of thiocarbonyl (C=S) groups is 1. The number of alkyl halides is 3. The third-order valence-corrected chi connectivity index (χ3v) is 4.62. The van der Waals surface area contributed by atoms with E-state index in [4.69, 9.17) is 51.4 Å². The van der Waals surface area contributed by atoms with Crippen molar-refractivity contribution in [2.45, 2.75) is 23.8 Å². The minimum absolute atomic E-state index is 0.0614. The molecule has 3 N–H and O–H groups in total. The first-order chi connectivity index (χ1) is 12.1. The molecule has 0 fully saturated rings. The first kappa shape index (κ1) is 21.3. The van der Waals surface area contributed by atoms with Gasteiger partial charge in [0.15, 0.2) is 15.5 Å². The molecule has 0 radical (unpaired) electrons. The summed E-state index contributed by atoms with van der Waals surface area (Å²) in [6.07, 6.45) is -1.09. The minimum atomic E-state index is -1.85. The van der Waals surface area contributed by atoms with E-state index in [0.29, 0.717) is 4.67 Å². The fraction of sp³-hybridized carbons (Fsp3) is 0.250. The van der Waals surface area contributed by atoms with Gasteiger partial charge in [0.1, 0.15) is 6.17 Å². The van der Waals surface area contributed by atoms with E-state index in [2.05, 4.69) is 31.9 Å². The average molecular weight is 500 g/mol. The Bertz CT molecular complexity index is 823. The van der Waals surface area contributed by atoms with Crippen LogP contribution in [0, 0.1) is 13.8 Å². The molecule has 0 unspecified atom stereocenters. The molecule has 1 aromatic carbocycles. The first-order valence-electron chi connectivity index (χ1n) is 7.34. The molecule has 2 rings (SSSR count). The Morgan fingerprint density at radius 3 is 2.46 bits per heavy atom. The highest BCUT2D eigenvalue weighted by molar-refractivity contribution is 9.10. The van der Waals surface area contributed by atoms with Crippen molar-refractivity contribution >= 4 is 79.7 Å². The molecule has 1 atom stereocenters. The molecule has 0 aliphatic rings. The van der Waals surface area contributed by atoms with Crippen LogP contribution in [0.3, 0.4) is 0 Å². The van der Waals surface area contributed by atoms with Crippen LogP contribution >= 0.6 is 63.0 Å². The van der Waals surface area contributed by atoms with Crippen molar-refractivity contribution in [3.05, 3.63) is 51.9 Å². The molecule has 140 valence electrons. The third kappa shape index (κ3) is 6.03. The van der Waals surface area contributed by atoms with Gasteiger partial charge in [-0.15, -0.1) is 0 Å². The van der Waals surface area contributed by atoms with Gasteiger partial charge in [0.05, 0.1) is 0 Å². The summed E-state index contributed by atoms with van der Waals surface area (Å²) in [5.74, 6) is -0.500. The van der Waals surface area contributed by atoms with E-state index in [0.717, 1.165) is 16.8 Å². The third-order valence-electron chi connectivity index (χ3n) is 3.32.